The van der Waals surface area contributed by atoms with Crippen molar-refractivity contribution in [3.8, 4) is 0 Å². The van der Waals surface area contributed by atoms with E-state index < -0.39 is 0 Å². The molecule has 2 rings (SSSR count). The van der Waals surface area contributed by atoms with E-state index in [1.165, 1.54) is 0 Å². The molecule has 0 aliphatic carbocycles. The number of rotatable bonds is 7. The van der Waals surface area contributed by atoms with Gasteiger partial charge in [0.25, 0.3) is 11.8 Å². The highest BCUT2D eigenvalue weighted by molar-refractivity contribution is 9.10. The molecule has 2 amide bonds. The fourth-order valence-electron chi connectivity index (χ4n) is 2.14. The zero-order valence-electron chi connectivity index (χ0n) is 14.0. The van der Waals surface area contributed by atoms with Crippen molar-refractivity contribution in [3.63, 3.8) is 0 Å². The van der Waals surface area contributed by atoms with E-state index >= 15 is 0 Å². The topological polar surface area (TPSA) is 83.4 Å². The third-order valence-electron chi connectivity index (χ3n) is 3.30. The smallest absolute Gasteiger partial charge is 0.291 e. The van der Waals surface area contributed by atoms with Crippen molar-refractivity contribution in [1.29, 1.82) is 0 Å². The van der Waals surface area contributed by atoms with E-state index in [1.807, 2.05) is 13.8 Å². The summed E-state index contributed by atoms with van der Waals surface area (Å²) in [4.78, 5) is 24.2. The van der Waals surface area contributed by atoms with Gasteiger partial charge in [-0.2, -0.15) is 0 Å². The third-order valence-corrected chi connectivity index (χ3v) is 3.73. The summed E-state index contributed by atoms with van der Waals surface area (Å²) in [5, 5.41) is 8.79. The van der Waals surface area contributed by atoms with Crippen LogP contribution in [0.4, 0.5) is 5.69 Å². The number of amides is 2. The van der Waals surface area contributed by atoms with E-state index in [2.05, 4.69) is 31.9 Å². The minimum atomic E-state index is -0.376. The van der Waals surface area contributed by atoms with Crippen LogP contribution in [-0.2, 0) is 0 Å². The van der Waals surface area contributed by atoms with Gasteiger partial charge in [-0.1, -0.05) is 13.0 Å². The predicted octanol–water partition coefficient (Wildman–Crippen LogP) is 3.44. The van der Waals surface area contributed by atoms with Crippen molar-refractivity contribution in [2.75, 3.05) is 18.4 Å². The van der Waals surface area contributed by atoms with Crippen LogP contribution in [0.1, 0.15) is 34.8 Å². The van der Waals surface area contributed by atoms with Crippen LogP contribution in [0.5, 0.6) is 0 Å². The number of anilines is 1. The zero-order chi connectivity index (χ0) is 17.5. The molecule has 0 saturated carbocycles. The number of nitrogens with one attached hydrogen (secondary N) is 3. The van der Waals surface area contributed by atoms with E-state index in [4.69, 9.17) is 4.42 Å². The summed E-state index contributed by atoms with van der Waals surface area (Å²) in [6, 6.07) is 10.2. The van der Waals surface area contributed by atoms with Crippen LogP contribution in [0, 0.1) is 0 Å². The first-order valence-electron chi connectivity index (χ1n) is 7.68. The van der Waals surface area contributed by atoms with Crippen LogP contribution < -0.4 is 16.0 Å². The van der Waals surface area contributed by atoms with Crippen LogP contribution >= 0.6 is 28.3 Å². The molecule has 0 spiro atoms. The Kier molecular flexibility index (Phi) is 8.68. The number of carbonyl (C=O) groups excluding carboxylic acids is 2. The standard InChI is InChI=1S/C17H20BrN3O3.ClH/c1-3-19-11(2)10-20-16(22)12-5-4-6-13(9-12)21-17(23)14-7-8-15(18)24-14;/h4-9,11,19H,3,10H2,1-2H3,(H,20,22)(H,21,23);1H/t11-;/m1./s1. The first-order valence-corrected chi connectivity index (χ1v) is 8.47. The SMILES string of the molecule is CCN[C@H](C)CNC(=O)c1cccc(NC(=O)c2ccc(Br)o2)c1.Cl. The average molecular weight is 431 g/mol. The molecule has 0 aliphatic rings. The van der Waals surface area contributed by atoms with Crippen LogP contribution in [0.25, 0.3) is 0 Å². The Balaban J connectivity index is 0.00000312. The molecule has 0 fully saturated rings. The molecule has 1 atom stereocenters. The van der Waals surface area contributed by atoms with Gasteiger partial charge in [0, 0.05) is 23.8 Å². The van der Waals surface area contributed by atoms with E-state index in [-0.39, 0.29) is 36.0 Å². The van der Waals surface area contributed by atoms with Gasteiger partial charge in [0.05, 0.1) is 0 Å². The molecule has 8 heteroatoms. The van der Waals surface area contributed by atoms with Gasteiger partial charge in [-0.15, -0.1) is 12.4 Å². The highest BCUT2D eigenvalue weighted by Crippen LogP contribution is 2.17. The number of halogens is 2. The molecule has 6 nitrogen and oxygen atoms in total. The summed E-state index contributed by atoms with van der Waals surface area (Å²) in [5.41, 5.74) is 1.01. The molecule has 1 heterocycles. The first-order chi connectivity index (χ1) is 11.5. The number of hydrogen-bond acceptors (Lipinski definition) is 4. The fraction of sp³-hybridized carbons (Fsp3) is 0.294. The summed E-state index contributed by atoms with van der Waals surface area (Å²) in [6.07, 6.45) is 0. The van der Waals surface area contributed by atoms with Gasteiger partial charge in [0.2, 0.25) is 0 Å². The van der Waals surface area contributed by atoms with E-state index in [1.54, 1.807) is 36.4 Å². The summed E-state index contributed by atoms with van der Waals surface area (Å²) in [5.74, 6) is -0.369. The Bertz CT molecular complexity index is 721. The Hall–Kier alpha value is -1.83. The van der Waals surface area contributed by atoms with E-state index in [0.29, 0.717) is 22.5 Å². The van der Waals surface area contributed by atoms with Crippen molar-refractivity contribution < 1.29 is 14.0 Å². The minimum absolute atomic E-state index is 0. The second kappa shape index (κ2) is 10.2. The number of benzene rings is 1. The maximum Gasteiger partial charge on any atom is 0.291 e. The number of carbonyl (C=O) groups is 2. The normalized spacial score (nSPS) is 11.3. The molecule has 1 aromatic heterocycles. The molecule has 0 saturated heterocycles. The summed E-state index contributed by atoms with van der Waals surface area (Å²) < 4.78 is 5.68. The monoisotopic (exact) mass is 429 g/mol. The molecule has 3 N–H and O–H groups in total. The van der Waals surface area contributed by atoms with Crippen LogP contribution in [0.15, 0.2) is 45.5 Å². The van der Waals surface area contributed by atoms with Gasteiger partial charge in [-0.3, -0.25) is 9.59 Å². The second-order valence-corrected chi connectivity index (χ2v) is 6.09. The number of furan rings is 1. The number of likely N-dealkylation sites (N-methyl/N-ethyl adjacent to an activating group) is 1. The molecular weight excluding hydrogens is 410 g/mol. The Labute approximate surface area is 161 Å². The lowest BCUT2D eigenvalue weighted by molar-refractivity contribution is 0.0948. The summed E-state index contributed by atoms with van der Waals surface area (Å²) >= 11 is 3.15. The summed E-state index contributed by atoms with van der Waals surface area (Å²) in [7, 11) is 0. The van der Waals surface area contributed by atoms with Crippen LogP contribution in [0.2, 0.25) is 0 Å². The van der Waals surface area contributed by atoms with E-state index in [9.17, 15) is 9.59 Å². The first kappa shape index (κ1) is 21.2. The molecule has 25 heavy (non-hydrogen) atoms. The van der Waals surface area contributed by atoms with Gasteiger partial charge < -0.3 is 20.4 Å². The average Bonchev–Trinajstić information content (AvgIpc) is 3.00. The van der Waals surface area contributed by atoms with Gasteiger partial charge in [-0.25, -0.2) is 0 Å². The molecule has 1 aromatic carbocycles. The molecule has 0 radical (unpaired) electrons. The molecule has 0 unspecified atom stereocenters. The van der Waals surface area contributed by atoms with E-state index in [0.717, 1.165) is 6.54 Å². The van der Waals surface area contributed by atoms with Gasteiger partial charge in [0.1, 0.15) is 0 Å². The maximum atomic E-state index is 12.2. The third kappa shape index (κ3) is 6.53. The zero-order valence-corrected chi connectivity index (χ0v) is 16.4. The van der Waals surface area contributed by atoms with Crippen molar-refractivity contribution in [3.05, 3.63) is 52.4 Å². The highest BCUT2D eigenvalue weighted by Gasteiger charge is 2.12. The lowest BCUT2D eigenvalue weighted by Crippen LogP contribution is -2.38. The Morgan fingerprint density at radius 1 is 1.20 bits per heavy atom. The largest absolute Gasteiger partial charge is 0.444 e. The van der Waals surface area contributed by atoms with Gasteiger partial charge >= 0.3 is 0 Å². The highest BCUT2D eigenvalue weighted by atomic mass is 79.9. The molecule has 0 bridgehead atoms. The van der Waals surface area contributed by atoms with Crippen molar-refractivity contribution >= 4 is 45.8 Å². The Morgan fingerprint density at radius 2 is 1.96 bits per heavy atom. The van der Waals surface area contributed by atoms with Crippen molar-refractivity contribution in [2.45, 2.75) is 19.9 Å². The lowest BCUT2D eigenvalue weighted by Gasteiger charge is -2.13. The van der Waals surface area contributed by atoms with Crippen LogP contribution in [0.3, 0.4) is 0 Å². The van der Waals surface area contributed by atoms with Crippen LogP contribution in [-0.4, -0.2) is 30.9 Å². The van der Waals surface area contributed by atoms with Crippen molar-refractivity contribution in [1.82, 2.24) is 10.6 Å². The maximum absolute atomic E-state index is 12.2. The summed E-state index contributed by atoms with van der Waals surface area (Å²) in [6.45, 7) is 5.40. The second-order valence-electron chi connectivity index (χ2n) is 5.31. The predicted molar refractivity (Wildman–Crippen MR) is 104 cm³/mol. The van der Waals surface area contributed by atoms with Gasteiger partial charge in [0.15, 0.2) is 10.4 Å². The quantitative estimate of drug-likeness (QED) is 0.628. The lowest BCUT2D eigenvalue weighted by atomic mass is 10.2. The minimum Gasteiger partial charge on any atom is -0.444 e. The molecular formula is C17H21BrClN3O3. The fourth-order valence-corrected chi connectivity index (χ4v) is 2.44. The Morgan fingerprint density at radius 3 is 2.60 bits per heavy atom. The molecule has 2 aromatic rings. The molecule has 0 aliphatic heterocycles. The number of hydrogen-bond donors (Lipinski definition) is 3. The molecule has 136 valence electrons. The van der Waals surface area contributed by atoms with Crippen molar-refractivity contribution in [2.24, 2.45) is 0 Å². The van der Waals surface area contributed by atoms with Gasteiger partial charge in [-0.05, 0) is 59.7 Å².